The Morgan fingerprint density at radius 1 is 1.23 bits per heavy atom. The van der Waals surface area contributed by atoms with E-state index in [1.807, 2.05) is 18.4 Å². The molecule has 3 atom stereocenters. The van der Waals surface area contributed by atoms with E-state index in [1.54, 1.807) is 13.3 Å². The maximum atomic E-state index is 15.3. The smallest absolute Gasteiger partial charge is 0.259 e. The zero-order valence-electron chi connectivity index (χ0n) is 31.2. The third-order valence-electron chi connectivity index (χ3n) is 11.1. The van der Waals surface area contributed by atoms with Crippen LogP contribution in [0.15, 0.2) is 41.9 Å². The molecule has 6 bridgehead atoms. The highest BCUT2D eigenvalue weighted by molar-refractivity contribution is 7.10. The van der Waals surface area contributed by atoms with Gasteiger partial charge in [-0.15, -0.1) is 11.3 Å². The van der Waals surface area contributed by atoms with E-state index in [-0.39, 0.29) is 37.4 Å². The van der Waals surface area contributed by atoms with Crippen LogP contribution in [0.1, 0.15) is 82.2 Å². The van der Waals surface area contributed by atoms with Crippen LogP contribution in [0.3, 0.4) is 0 Å². The molecule has 1 aromatic carbocycles. The number of hydrogen-bond acceptors (Lipinski definition) is 9. The van der Waals surface area contributed by atoms with Gasteiger partial charge < -0.3 is 24.2 Å². The van der Waals surface area contributed by atoms with Crippen molar-refractivity contribution in [2.75, 3.05) is 26.9 Å². The number of halogens is 1. The fourth-order valence-corrected chi connectivity index (χ4v) is 8.77. The molecule has 0 unspecified atom stereocenters. The Kier molecular flexibility index (Phi) is 10.3. The van der Waals surface area contributed by atoms with Crippen molar-refractivity contribution >= 4 is 40.3 Å². The number of ether oxygens (including phenoxy) is 2. The van der Waals surface area contributed by atoms with Crippen molar-refractivity contribution in [2.45, 2.75) is 103 Å². The molecule has 282 valence electrons. The lowest BCUT2D eigenvalue weighted by Gasteiger charge is -2.42. The van der Waals surface area contributed by atoms with Gasteiger partial charge in [-0.3, -0.25) is 19.6 Å². The summed E-state index contributed by atoms with van der Waals surface area (Å²) in [6.45, 7) is 9.92. The van der Waals surface area contributed by atoms with Crippen molar-refractivity contribution in [2.24, 2.45) is 5.41 Å². The first-order valence-corrected chi connectivity index (χ1v) is 19.5. The molecule has 0 radical (unpaired) electrons. The molecule has 2 fully saturated rings. The van der Waals surface area contributed by atoms with E-state index in [1.165, 1.54) is 16.3 Å². The van der Waals surface area contributed by atoms with Gasteiger partial charge in [-0.1, -0.05) is 19.9 Å². The number of hydrogen-bond donors (Lipinski definition) is 2. The Balaban J connectivity index is 1.36. The molecule has 4 aromatic rings. The van der Waals surface area contributed by atoms with Gasteiger partial charge in [-0.2, -0.15) is 0 Å². The summed E-state index contributed by atoms with van der Waals surface area (Å²) >= 11 is 1.40. The molecule has 5 heterocycles. The van der Waals surface area contributed by atoms with Crippen LogP contribution < -0.4 is 10.7 Å². The number of methoxy groups -OCH3 is 1. The Morgan fingerprint density at radius 3 is 2.75 bits per heavy atom. The summed E-state index contributed by atoms with van der Waals surface area (Å²) in [6, 6.07) is 9.38. The zero-order chi connectivity index (χ0) is 37.5. The number of hydrazine groups is 1. The fourth-order valence-electron chi connectivity index (χ4n) is 7.92. The van der Waals surface area contributed by atoms with Crippen LogP contribution >= 0.6 is 11.3 Å². The molecular formula is C40H49FN6O5S. The number of nitrogens with one attached hydrogen (secondary N) is 2. The highest BCUT2D eigenvalue weighted by atomic mass is 32.1. The van der Waals surface area contributed by atoms with Gasteiger partial charge in [0.25, 0.3) is 11.8 Å². The summed E-state index contributed by atoms with van der Waals surface area (Å²) in [5, 5.41) is 7.80. The average Bonchev–Trinajstić information content (AvgIpc) is 3.74. The van der Waals surface area contributed by atoms with E-state index in [0.717, 1.165) is 57.5 Å². The summed E-state index contributed by atoms with van der Waals surface area (Å²) in [6.07, 6.45) is 5.03. The Hall–Kier alpha value is -4.04. The van der Waals surface area contributed by atoms with Crippen LogP contribution in [0.2, 0.25) is 0 Å². The lowest BCUT2D eigenvalue weighted by molar-refractivity contribution is -0.150. The van der Waals surface area contributed by atoms with Crippen LogP contribution in [-0.4, -0.2) is 81.8 Å². The number of carbonyl (C=O) groups is 3. The quantitative estimate of drug-likeness (QED) is 0.216. The van der Waals surface area contributed by atoms with Gasteiger partial charge in [0.15, 0.2) is 5.67 Å². The van der Waals surface area contributed by atoms with Crippen LogP contribution in [0, 0.1) is 5.41 Å². The maximum absolute atomic E-state index is 15.3. The van der Waals surface area contributed by atoms with Crippen molar-refractivity contribution in [1.82, 2.24) is 30.3 Å². The minimum absolute atomic E-state index is 0.0516. The predicted octanol–water partition coefficient (Wildman–Crippen LogP) is 6.14. The Morgan fingerprint density at radius 2 is 2.04 bits per heavy atom. The predicted molar refractivity (Wildman–Crippen MR) is 202 cm³/mol. The van der Waals surface area contributed by atoms with Gasteiger partial charge in [0.2, 0.25) is 0 Å². The molecular weight excluding hydrogens is 696 g/mol. The van der Waals surface area contributed by atoms with E-state index in [4.69, 9.17) is 19.4 Å². The van der Waals surface area contributed by atoms with Crippen LogP contribution in [-0.2, 0) is 43.2 Å². The third-order valence-corrected chi connectivity index (χ3v) is 11.9. The number of nitrogens with zero attached hydrogens (tertiary/aromatic N) is 4. The molecule has 1 aliphatic carbocycles. The second-order valence-corrected chi connectivity index (χ2v) is 16.5. The van der Waals surface area contributed by atoms with E-state index in [0.29, 0.717) is 43.8 Å². The molecule has 11 nitrogen and oxygen atoms in total. The van der Waals surface area contributed by atoms with E-state index in [9.17, 15) is 14.4 Å². The minimum Gasteiger partial charge on any atom is -0.378 e. The van der Waals surface area contributed by atoms with Crippen LogP contribution in [0.5, 0.6) is 0 Å². The molecule has 2 aliphatic heterocycles. The molecule has 3 aromatic heterocycles. The standard InChI is InChI=1S/C40H49FN6O5S/c1-6-46-32-12-11-26-18-28(32)29(35(46)27-10-7-16-42-34(27)25(2)51-5)20-38(3,4)23-52-24-39(22-48)13-9-17-47(45-39)36(49)30(19-33-43-31(26)21-53-33)44-37(50)40(41)14-8-15-40/h7,10-12,16,18,21-22,25,30,45H,6,8-9,13-15,17,19-20,23-24H2,1-5H3,(H,44,50)/t25-,30-,39-/m0/s1. The Labute approximate surface area is 313 Å². The number of alkyl halides is 1. The SMILES string of the molecule is CCn1c(-c2cccnc2[C@H](C)OC)c2c3cc(ccc31)-c1csc(n1)C[C@H](NC(=O)C1(F)CCC1)C(=O)N1CCC[C@](C=O)(COCC(C)(C)C2)N1. The van der Waals surface area contributed by atoms with Crippen molar-refractivity contribution in [3.05, 3.63) is 58.2 Å². The van der Waals surface area contributed by atoms with Gasteiger partial charge >= 0.3 is 0 Å². The van der Waals surface area contributed by atoms with Crippen LogP contribution in [0.25, 0.3) is 33.4 Å². The number of rotatable bonds is 7. The highest BCUT2D eigenvalue weighted by Crippen LogP contribution is 2.42. The summed E-state index contributed by atoms with van der Waals surface area (Å²) < 4.78 is 29.8. The number of pyridine rings is 1. The number of benzene rings is 1. The number of aldehydes is 1. The molecule has 53 heavy (non-hydrogen) atoms. The summed E-state index contributed by atoms with van der Waals surface area (Å²) in [4.78, 5) is 49.8. The normalized spacial score (nSPS) is 23.5. The van der Waals surface area contributed by atoms with Gasteiger partial charge in [0.1, 0.15) is 17.9 Å². The monoisotopic (exact) mass is 744 g/mol. The fraction of sp³-hybridized carbons (Fsp3) is 0.525. The molecule has 0 spiro atoms. The number of aromatic nitrogens is 3. The summed E-state index contributed by atoms with van der Waals surface area (Å²) in [7, 11) is 1.69. The van der Waals surface area contributed by atoms with E-state index in [2.05, 4.69) is 60.3 Å². The lowest BCUT2D eigenvalue weighted by Crippen LogP contribution is -2.66. The van der Waals surface area contributed by atoms with Crippen molar-refractivity contribution in [3.8, 4) is 22.5 Å². The third kappa shape index (κ3) is 7.16. The maximum Gasteiger partial charge on any atom is 0.259 e. The first-order chi connectivity index (χ1) is 25.4. The first-order valence-electron chi connectivity index (χ1n) is 18.6. The lowest BCUT2D eigenvalue weighted by atomic mass is 9.81. The first kappa shape index (κ1) is 37.3. The van der Waals surface area contributed by atoms with Crippen molar-refractivity contribution in [3.63, 3.8) is 0 Å². The largest absolute Gasteiger partial charge is 0.378 e. The van der Waals surface area contributed by atoms with E-state index < -0.39 is 29.1 Å². The summed E-state index contributed by atoms with van der Waals surface area (Å²) in [5.74, 6) is -1.22. The van der Waals surface area contributed by atoms with Crippen LogP contribution in [0.4, 0.5) is 4.39 Å². The van der Waals surface area contributed by atoms with Gasteiger partial charge in [-0.25, -0.2) is 14.8 Å². The number of aryl methyl sites for hydroxylation is 1. The Bertz CT molecular complexity index is 2020. The zero-order valence-corrected chi connectivity index (χ0v) is 32.0. The molecule has 13 heteroatoms. The minimum atomic E-state index is -1.98. The molecule has 2 N–H and O–H groups in total. The molecule has 3 aliphatic rings. The number of amides is 2. The molecule has 7 rings (SSSR count). The number of carbonyl (C=O) groups excluding carboxylic acids is 3. The molecule has 1 saturated heterocycles. The van der Waals surface area contributed by atoms with Gasteiger partial charge in [0, 0.05) is 60.2 Å². The van der Waals surface area contributed by atoms with Gasteiger partial charge in [-0.05, 0) is 87.6 Å². The topological polar surface area (TPSA) is 128 Å². The molecule has 2 amide bonds. The highest BCUT2D eigenvalue weighted by Gasteiger charge is 2.47. The van der Waals surface area contributed by atoms with Crippen molar-refractivity contribution in [1.29, 1.82) is 0 Å². The van der Waals surface area contributed by atoms with Gasteiger partial charge in [0.05, 0.1) is 41.4 Å². The average molecular weight is 745 g/mol. The second-order valence-electron chi connectivity index (χ2n) is 15.6. The number of fused-ring (bicyclic) bond motifs is 6. The second kappa shape index (κ2) is 14.7. The number of thiazole rings is 1. The summed E-state index contributed by atoms with van der Waals surface area (Å²) in [5.41, 5.74) is 6.50. The molecule has 1 saturated carbocycles. The van der Waals surface area contributed by atoms with E-state index >= 15 is 4.39 Å². The van der Waals surface area contributed by atoms with Crippen molar-refractivity contribution < 1.29 is 28.2 Å².